The van der Waals surface area contributed by atoms with Crippen molar-refractivity contribution < 1.29 is 18.0 Å². The first kappa shape index (κ1) is 21.9. The van der Waals surface area contributed by atoms with E-state index in [4.69, 9.17) is 0 Å². The van der Waals surface area contributed by atoms with Crippen molar-refractivity contribution in [2.75, 3.05) is 6.54 Å². The second kappa shape index (κ2) is 9.02. The van der Waals surface area contributed by atoms with Gasteiger partial charge in [0.25, 0.3) is 5.91 Å². The van der Waals surface area contributed by atoms with Gasteiger partial charge in [-0.2, -0.15) is 13.2 Å². The lowest BCUT2D eigenvalue weighted by atomic mass is 9.97. The topological polar surface area (TPSA) is 73.9 Å². The maximum absolute atomic E-state index is 13.7. The molecule has 3 aromatic rings. The van der Waals surface area contributed by atoms with E-state index in [1.165, 1.54) is 6.33 Å². The maximum atomic E-state index is 13.7. The highest BCUT2D eigenvalue weighted by Gasteiger charge is 2.42. The number of benzene rings is 1. The first-order valence-corrected chi connectivity index (χ1v) is 10.5. The number of hydrogen-bond donors (Lipinski definition) is 2. The number of fused-ring (bicyclic) bond motifs is 1. The van der Waals surface area contributed by atoms with Gasteiger partial charge in [-0.15, -0.1) is 0 Å². The fraction of sp³-hybridized carbons (Fsp3) is 0.348. The second-order valence-electron chi connectivity index (χ2n) is 7.80. The number of nitrogens with one attached hydrogen (secondary N) is 2. The lowest BCUT2D eigenvalue weighted by Gasteiger charge is -2.33. The van der Waals surface area contributed by atoms with Crippen LogP contribution in [0.2, 0.25) is 0 Å². The molecule has 0 fully saturated rings. The minimum absolute atomic E-state index is 0.0514. The van der Waals surface area contributed by atoms with E-state index in [1.807, 2.05) is 31.2 Å². The summed E-state index contributed by atoms with van der Waals surface area (Å²) in [5.74, 6) is -0.171. The van der Waals surface area contributed by atoms with Gasteiger partial charge in [-0.25, -0.2) is 9.97 Å². The van der Waals surface area contributed by atoms with E-state index in [2.05, 4.69) is 20.3 Å². The van der Waals surface area contributed by atoms with E-state index in [1.54, 1.807) is 17.0 Å². The lowest BCUT2D eigenvalue weighted by molar-refractivity contribution is -0.156. The Balaban J connectivity index is 1.57. The molecule has 0 bridgehead atoms. The zero-order chi connectivity index (χ0) is 22.7. The molecule has 1 amide bonds. The minimum atomic E-state index is -4.51. The Labute approximate surface area is 183 Å². The molecule has 0 unspecified atom stereocenters. The summed E-state index contributed by atoms with van der Waals surface area (Å²) in [7, 11) is 0. The molecule has 1 aliphatic rings. The number of para-hydroxylation sites is 1. The van der Waals surface area contributed by atoms with E-state index < -0.39 is 12.2 Å². The van der Waals surface area contributed by atoms with Gasteiger partial charge in [0.05, 0.1) is 6.04 Å². The van der Waals surface area contributed by atoms with E-state index in [-0.39, 0.29) is 17.5 Å². The van der Waals surface area contributed by atoms with Crippen LogP contribution in [0.1, 0.15) is 48.3 Å². The number of halogens is 3. The highest BCUT2D eigenvalue weighted by molar-refractivity contribution is 5.98. The van der Waals surface area contributed by atoms with Crippen molar-refractivity contribution in [3.63, 3.8) is 0 Å². The van der Waals surface area contributed by atoms with E-state index in [0.717, 1.165) is 23.3 Å². The van der Waals surface area contributed by atoms with Crippen LogP contribution in [0.5, 0.6) is 0 Å². The Morgan fingerprint density at radius 2 is 2.03 bits per heavy atom. The molecule has 0 radical (unpaired) electrons. The largest absolute Gasteiger partial charge is 0.412 e. The lowest BCUT2D eigenvalue weighted by Crippen LogP contribution is -2.42. The average Bonchev–Trinajstić information content (AvgIpc) is 3.22. The molecule has 4 rings (SSSR count). The maximum Gasteiger partial charge on any atom is 0.412 e. The molecule has 2 aromatic heterocycles. The number of likely N-dealkylation sites (N-methyl/N-ethyl adjacent to an activating group) is 1. The number of aromatic amines is 1. The number of H-pyrrole nitrogens is 1. The third-order valence-corrected chi connectivity index (χ3v) is 5.67. The number of hydrogen-bond acceptors (Lipinski definition) is 4. The van der Waals surface area contributed by atoms with Gasteiger partial charge in [-0.3, -0.25) is 4.79 Å². The predicted molar refractivity (Wildman–Crippen MR) is 115 cm³/mol. The molecule has 1 aromatic carbocycles. The van der Waals surface area contributed by atoms with Crippen LogP contribution in [0.3, 0.4) is 0 Å². The number of alkyl halides is 3. The molecule has 6 nitrogen and oxygen atoms in total. The fourth-order valence-electron chi connectivity index (χ4n) is 4.14. The summed E-state index contributed by atoms with van der Waals surface area (Å²) >= 11 is 0. The van der Waals surface area contributed by atoms with Crippen molar-refractivity contribution in [1.29, 1.82) is 0 Å². The first-order valence-electron chi connectivity index (χ1n) is 10.5. The molecule has 0 saturated heterocycles. The molecule has 0 aliphatic heterocycles. The summed E-state index contributed by atoms with van der Waals surface area (Å²) in [6.45, 7) is 2.31. The minimum Gasteiger partial charge on any atom is -0.374 e. The number of aromatic nitrogens is 3. The van der Waals surface area contributed by atoms with Crippen LogP contribution in [0.25, 0.3) is 10.9 Å². The van der Waals surface area contributed by atoms with E-state index >= 15 is 0 Å². The Bertz CT molecular complexity index is 1080. The highest BCUT2D eigenvalue weighted by atomic mass is 19.4. The van der Waals surface area contributed by atoms with Crippen molar-refractivity contribution in [3.8, 4) is 0 Å². The van der Waals surface area contributed by atoms with E-state index in [0.29, 0.717) is 37.2 Å². The van der Waals surface area contributed by atoms with Crippen LogP contribution in [0, 0.1) is 0 Å². The van der Waals surface area contributed by atoms with E-state index in [9.17, 15) is 18.0 Å². The number of amides is 1. The molecule has 168 valence electrons. The summed E-state index contributed by atoms with van der Waals surface area (Å²) in [6, 6.07) is 7.21. The number of rotatable bonds is 6. The molecular weight excluding hydrogens is 419 g/mol. The predicted octanol–water partition coefficient (Wildman–Crippen LogP) is 4.75. The zero-order valence-electron chi connectivity index (χ0n) is 17.6. The van der Waals surface area contributed by atoms with Crippen molar-refractivity contribution >= 4 is 16.8 Å². The number of nitrogens with zero attached hydrogens (tertiary/aromatic N) is 3. The van der Waals surface area contributed by atoms with Crippen molar-refractivity contribution in [2.24, 2.45) is 0 Å². The van der Waals surface area contributed by atoms with Crippen LogP contribution in [0.15, 0.2) is 60.8 Å². The monoisotopic (exact) mass is 443 g/mol. The summed E-state index contributed by atoms with van der Waals surface area (Å²) in [5.41, 5.74) is 1.75. The highest BCUT2D eigenvalue weighted by Crippen LogP contribution is 2.34. The Morgan fingerprint density at radius 1 is 1.28 bits per heavy atom. The van der Waals surface area contributed by atoms with Gasteiger partial charge in [0.15, 0.2) is 6.04 Å². The van der Waals surface area contributed by atoms with Crippen LogP contribution in [0.4, 0.5) is 13.2 Å². The zero-order valence-corrected chi connectivity index (χ0v) is 17.6. The number of carbonyl (C=O) groups excluding carboxylic acids is 1. The van der Waals surface area contributed by atoms with Gasteiger partial charge in [0, 0.05) is 41.1 Å². The van der Waals surface area contributed by atoms with Crippen LogP contribution < -0.4 is 5.32 Å². The van der Waals surface area contributed by atoms with Crippen molar-refractivity contribution in [2.45, 2.75) is 44.4 Å². The molecule has 2 N–H and O–H groups in total. The Hall–Kier alpha value is -3.36. The van der Waals surface area contributed by atoms with Gasteiger partial charge in [-0.05, 0) is 44.4 Å². The van der Waals surface area contributed by atoms with Crippen LogP contribution in [-0.4, -0.2) is 44.5 Å². The summed E-state index contributed by atoms with van der Waals surface area (Å²) in [6.07, 6.45) is 2.61. The molecule has 2 atom stereocenters. The Morgan fingerprint density at radius 3 is 2.72 bits per heavy atom. The fourth-order valence-corrected chi connectivity index (χ4v) is 4.14. The van der Waals surface area contributed by atoms with Gasteiger partial charge in [-0.1, -0.05) is 18.2 Å². The first-order chi connectivity index (χ1) is 15.4. The molecule has 1 aliphatic carbocycles. The molecule has 32 heavy (non-hydrogen) atoms. The SMILES string of the molecule is CCN(C(=O)c1cc2ccccc2[nH]1)[C@@H]1C=C(N[C@@H](c2cncnc2)C(F)(F)F)CCC1. The van der Waals surface area contributed by atoms with Gasteiger partial charge >= 0.3 is 6.18 Å². The quantitative estimate of drug-likeness (QED) is 0.577. The normalized spacial score (nSPS) is 17.6. The van der Waals surface area contributed by atoms with Crippen molar-refractivity contribution in [1.82, 2.24) is 25.2 Å². The second-order valence-corrected chi connectivity index (χ2v) is 7.80. The average molecular weight is 443 g/mol. The third-order valence-electron chi connectivity index (χ3n) is 5.67. The third kappa shape index (κ3) is 4.61. The van der Waals surface area contributed by atoms with Gasteiger partial charge in [0.1, 0.15) is 12.0 Å². The number of allylic oxidation sites excluding steroid dienone is 1. The Kier molecular flexibility index (Phi) is 6.16. The molecule has 0 saturated carbocycles. The molecule has 0 spiro atoms. The standard InChI is InChI=1S/C23H24F3N5O/c1-2-31(22(32)20-10-15-6-3-4-9-19(15)30-20)18-8-5-7-17(11-18)29-21(23(24,25)26)16-12-27-14-28-13-16/h3-4,6,9-14,18,21,29-30H,2,5,7-8H2,1H3/t18-,21-/m0/s1. The summed E-state index contributed by atoms with van der Waals surface area (Å²) in [5, 5.41) is 3.57. The number of carbonyl (C=O) groups is 1. The molecular formula is C23H24F3N5O. The molecule has 9 heteroatoms. The summed E-state index contributed by atoms with van der Waals surface area (Å²) < 4.78 is 41.2. The van der Waals surface area contributed by atoms with Crippen LogP contribution in [-0.2, 0) is 0 Å². The molecule has 2 heterocycles. The van der Waals surface area contributed by atoms with Gasteiger partial charge < -0.3 is 15.2 Å². The summed E-state index contributed by atoms with van der Waals surface area (Å²) in [4.78, 5) is 25.5. The van der Waals surface area contributed by atoms with Crippen LogP contribution >= 0.6 is 0 Å². The smallest absolute Gasteiger partial charge is 0.374 e. The van der Waals surface area contributed by atoms with Gasteiger partial charge in [0.2, 0.25) is 0 Å². The van der Waals surface area contributed by atoms with Crippen molar-refractivity contribution in [3.05, 3.63) is 72.1 Å².